The second-order valence-electron chi connectivity index (χ2n) is 3.29. The summed E-state index contributed by atoms with van der Waals surface area (Å²) in [5.74, 6) is 0.0347. The van der Waals surface area contributed by atoms with Crippen LogP contribution in [0.15, 0.2) is 24.3 Å². The Hall–Kier alpha value is -1.63. The molecule has 2 aromatic rings. The van der Waals surface area contributed by atoms with E-state index in [-0.39, 0.29) is 32.5 Å². The van der Waals surface area contributed by atoms with Gasteiger partial charge >= 0.3 is 5.69 Å². The first-order valence-corrected chi connectivity index (χ1v) is 5.91. The highest BCUT2D eigenvalue weighted by Crippen LogP contribution is 2.36. The van der Waals surface area contributed by atoms with Crippen LogP contribution >= 0.6 is 34.8 Å². The third kappa shape index (κ3) is 3.23. The van der Waals surface area contributed by atoms with Crippen LogP contribution in [0.25, 0.3) is 0 Å². The van der Waals surface area contributed by atoms with Crippen LogP contribution in [-0.4, -0.2) is 15.1 Å². The first-order chi connectivity index (χ1) is 8.97. The fraction of sp³-hybridized carbons (Fsp3) is 0. The molecule has 1 heterocycles. The zero-order chi connectivity index (χ0) is 14.0. The number of ether oxygens (including phenoxy) is 1. The molecular formula is C10H4Cl3N3O3. The van der Waals surface area contributed by atoms with E-state index < -0.39 is 4.92 Å². The molecule has 0 aliphatic rings. The molecule has 98 valence electrons. The molecule has 0 atom stereocenters. The summed E-state index contributed by atoms with van der Waals surface area (Å²) in [5.41, 5.74) is -0.295. The number of hydrogen-bond donors (Lipinski definition) is 0. The molecule has 19 heavy (non-hydrogen) atoms. The van der Waals surface area contributed by atoms with Crippen LogP contribution in [-0.2, 0) is 0 Å². The maximum absolute atomic E-state index is 10.9. The Morgan fingerprint density at radius 1 is 1.11 bits per heavy atom. The topological polar surface area (TPSA) is 78.2 Å². The molecule has 1 aromatic carbocycles. The standard InChI is InChI=1S/C10H4Cl3N3O3/c11-5-1-2-7(6(3-5)16(17)18)19-8-4-9(12)14-15-10(8)13/h1-4H. The van der Waals surface area contributed by atoms with Gasteiger partial charge in [0.15, 0.2) is 16.1 Å². The van der Waals surface area contributed by atoms with Crippen LogP contribution in [0.1, 0.15) is 0 Å². The summed E-state index contributed by atoms with van der Waals surface area (Å²) < 4.78 is 5.32. The minimum absolute atomic E-state index is 0.0274. The van der Waals surface area contributed by atoms with Gasteiger partial charge in [-0.2, -0.15) is 0 Å². The minimum Gasteiger partial charge on any atom is -0.447 e. The van der Waals surface area contributed by atoms with Crippen LogP contribution in [0.4, 0.5) is 5.69 Å². The van der Waals surface area contributed by atoms with Crippen LogP contribution in [0.5, 0.6) is 11.5 Å². The monoisotopic (exact) mass is 319 g/mol. The summed E-state index contributed by atoms with van der Waals surface area (Å²) in [6.07, 6.45) is 0. The lowest BCUT2D eigenvalue weighted by atomic mass is 10.3. The van der Waals surface area contributed by atoms with Crippen molar-refractivity contribution >= 4 is 40.5 Å². The van der Waals surface area contributed by atoms with E-state index in [4.69, 9.17) is 39.5 Å². The van der Waals surface area contributed by atoms with Gasteiger partial charge < -0.3 is 4.74 Å². The highest BCUT2D eigenvalue weighted by atomic mass is 35.5. The van der Waals surface area contributed by atoms with Gasteiger partial charge in [0.2, 0.25) is 5.75 Å². The molecular weight excluding hydrogens is 316 g/mol. The van der Waals surface area contributed by atoms with Gasteiger partial charge in [-0.05, 0) is 12.1 Å². The van der Waals surface area contributed by atoms with E-state index in [0.29, 0.717) is 0 Å². The number of hydrogen-bond acceptors (Lipinski definition) is 5. The number of nitrogens with zero attached hydrogens (tertiary/aromatic N) is 3. The summed E-state index contributed by atoms with van der Waals surface area (Å²) in [7, 11) is 0. The van der Waals surface area contributed by atoms with E-state index >= 15 is 0 Å². The number of aromatic nitrogens is 2. The third-order valence-corrected chi connectivity index (χ3v) is 2.71. The zero-order valence-corrected chi connectivity index (χ0v) is 11.3. The van der Waals surface area contributed by atoms with Crippen molar-refractivity contribution in [3.05, 3.63) is 49.7 Å². The van der Waals surface area contributed by atoms with E-state index in [0.717, 1.165) is 0 Å². The molecule has 0 aliphatic carbocycles. The van der Waals surface area contributed by atoms with Gasteiger partial charge in [0.1, 0.15) is 0 Å². The molecule has 0 amide bonds. The maximum Gasteiger partial charge on any atom is 0.313 e. The highest BCUT2D eigenvalue weighted by Gasteiger charge is 2.18. The molecule has 0 saturated carbocycles. The third-order valence-electron chi connectivity index (χ3n) is 2.02. The quantitative estimate of drug-likeness (QED) is 0.627. The van der Waals surface area contributed by atoms with Crippen LogP contribution in [0, 0.1) is 10.1 Å². The molecule has 0 aliphatic heterocycles. The number of nitro benzene ring substituents is 1. The van der Waals surface area contributed by atoms with Crippen molar-refractivity contribution in [1.29, 1.82) is 0 Å². The van der Waals surface area contributed by atoms with E-state index in [1.807, 2.05) is 0 Å². The fourth-order valence-corrected chi connectivity index (χ4v) is 1.68. The minimum atomic E-state index is -0.620. The zero-order valence-electron chi connectivity index (χ0n) is 9.01. The van der Waals surface area contributed by atoms with E-state index in [2.05, 4.69) is 10.2 Å². The Morgan fingerprint density at radius 3 is 2.53 bits per heavy atom. The van der Waals surface area contributed by atoms with E-state index in [9.17, 15) is 10.1 Å². The van der Waals surface area contributed by atoms with Gasteiger partial charge in [0, 0.05) is 17.2 Å². The summed E-state index contributed by atoms with van der Waals surface area (Å²) in [6, 6.07) is 5.27. The number of rotatable bonds is 3. The van der Waals surface area contributed by atoms with Crippen LogP contribution in [0.3, 0.4) is 0 Å². The number of benzene rings is 1. The van der Waals surface area contributed by atoms with Crippen molar-refractivity contribution in [3.8, 4) is 11.5 Å². The van der Waals surface area contributed by atoms with Crippen LogP contribution < -0.4 is 4.74 Å². The molecule has 0 bridgehead atoms. The largest absolute Gasteiger partial charge is 0.447 e. The lowest BCUT2D eigenvalue weighted by molar-refractivity contribution is -0.385. The van der Waals surface area contributed by atoms with Gasteiger partial charge in [-0.25, -0.2) is 0 Å². The van der Waals surface area contributed by atoms with Gasteiger partial charge in [-0.15, -0.1) is 10.2 Å². The lowest BCUT2D eigenvalue weighted by Gasteiger charge is -2.07. The maximum atomic E-state index is 10.9. The van der Waals surface area contributed by atoms with Crippen LogP contribution in [0.2, 0.25) is 15.3 Å². The Bertz CT molecular complexity index is 651. The van der Waals surface area contributed by atoms with Crippen molar-refractivity contribution in [2.75, 3.05) is 0 Å². The summed E-state index contributed by atoms with van der Waals surface area (Å²) in [5, 5.41) is 18.1. The van der Waals surface area contributed by atoms with Gasteiger partial charge in [-0.1, -0.05) is 34.8 Å². The SMILES string of the molecule is O=[N+]([O-])c1cc(Cl)ccc1Oc1cc(Cl)nnc1Cl. The summed E-state index contributed by atoms with van der Waals surface area (Å²) in [6.45, 7) is 0. The first-order valence-electron chi connectivity index (χ1n) is 4.78. The molecule has 0 spiro atoms. The molecule has 0 unspecified atom stereocenters. The average molecular weight is 321 g/mol. The van der Waals surface area contributed by atoms with Gasteiger partial charge in [0.05, 0.1) is 4.92 Å². The number of nitro groups is 1. The van der Waals surface area contributed by atoms with Gasteiger partial charge in [-0.3, -0.25) is 10.1 Å². The molecule has 0 radical (unpaired) electrons. The fourth-order valence-electron chi connectivity index (χ4n) is 1.25. The molecule has 0 fully saturated rings. The second kappa shape index (κ2) is 5.56. The predicted molar refractivity (Wildman–Crippen MR) is 70.2 cm³/mol. The Kier molecular flexibility index (Phi) is 4.04. The first kappa shape index (κ1) is 13.8. The molecule has 2 rings (SSSR count). The van der Waals surface area contributed by atoms with Crippen molar-refractivity contribution in [2.24, 2.45) is 0 Å². The normalized spacial score (nSPS) is 10.3. The lowest BCUT2D eigenvalue weighted by Crippen LogP contribution is -1.95. The Morgan fingerprint density at radius 2 is 1.84 bits per heavy atom. The van der Waals surface area contributed by atoms with E-state index in [1.165, 1.54) is 24.3 Å². The second-order valence-corrected chi connectivity index (χ2v) is 4.48. The van der Waals surface area contributed by atoms with Crippen molar-refractivity contribution in [3.63, 3.8) is 0 Å². The molecule has 1 aromatic heterocycles. The van der Waals surface area contributed by atoms with Crippen molar-refractivity contribution in [1.82, 2.24) is 10.2 Å². The number of halogens is 3. The molecule has 0 saturated heterocycles. The van der Waals surface area contributed by atoms with E-state index in [1.54, 1.807) is 0 Å². The summed E-state index contributed by atoms with van der Waals surface area (Å²) >= 11 is 17.1. The van der Waals surface area contributed by atoms with Crippen molar-refractivity contribution in [2.45, 2.75) is 0 Å². The predicted octanol–water partition coefficient (Wildman–Crippen LogP) is 4.14. The molecule has 9 heteroatoms. The smallest absolute Gasteiger partial charge is 0.313 e. The summed E-state index contributed by atoms with van der Waals surface area (Å²) in [4.78, 5) is 10.3. The van der Waals surface area contributed by atoms with Gasteiger partial charge in [0.25, 0.3) is 0 Å². The Balaban J connectivity index is 2.43. The molecule has 0 N–H and O–H groups in total. The molecule has 6 nitrogen and oxygen atoms in total. The average Bonchev–Trinajstić information content (AvgIpc) is 2.35. The van der Waals surface area contributed by atoms with Crippen molar-refractivity contribution < 1.29 is 9.66 Å². The Labute approximate surface area is 122 Å². The highest BCUT2D eigenvalue weighted by molar-refractivity contribution is 6.32.